The standard InChI is InChI=1S/C22H23N3O4/c1-27-18-8-9-21(29-3)19(11-18)25-22(26)16-10-17(14-23-12-16)24-13-15-6-4-5-7-20(15)28-2/h4-12,14,24H,13H2,1-3H3,(H,25,26). The van der Waals surface area contributed by atoms with Crippen LogP contribution in [0.4, 0.5) is 11.4 Å². The minimum Gasteiger partial charge on any atom is -0.497 e. The van der Waals surface area contributed by atoms with Crippen molar-refractivity contribution in [3.63, 3.8) is 0 Å². The molecule has 3 rings (SSSR count). The van der Waals surface area contributed by atoms with Gasteiger partial charge in [0.15, 0.2) is 0 Å². The number of amides is 1. The Morgan fingerprint density at radius 2 is 1.72 bits per heavy atom. The molecule has 0 aliphatic rings. The molecule has 0 unspecified atom stereocenters. The third-order valence-electron chi connectivity index (χ3n) is 4.33. The number of aromatic nitrogens is 1. The van der Waals surface area contributed by atoms with E-state index in [2.05, 4.69) is 15.6 Å². The molecule has 3 aromatic rings. The molecule has 0 atom stereocenters. The summed E-state index contributed by atoms with van der Waals surface area (Å²) < 4.78 is 15.9. The second kappa shape index (κ2) is 9.45. The van der Waals surface area contributed by atoms with E-state index >= 15 is 0 Å². The van der Waals surface area contributed by atoms with Crippen LogP contribution in [0.25, 0.3) is 0 Å². The van der Waals surface area contributed by atoms with Crippen molar-refractivity contribution in [2.24, 2.45) is 0 Å². The second-order valence-corrected chi connectivity index (χ2v) is 6.15. The molecule has 0 fully saturated rings. The molecule has 1 heterocycles. The number of carbonyl (C=O) groups is 1. The Bertz CT molecular complexity index is 991. The quantitative estimate of drug-likeness (QED) is 0.603. The van der Waals surface area contributed by atoms with Gasteiger partial charge in [0, 0.05) is 30.6 Å². The van der Waals surface area contributed by atoms with Gasteiger partial charge in [-0.25, -0.2) is 0 Å². The van der Waals surface area contributed by atoms with Gasteiger partial charge >= 0.3 is 0 Å². The van der Waals surface area contributed by atoms with Crippen LogP contribution in [0.15, 0.2) is 60.9 Å². The average molecular weight is 393 g/mol. The number of nitrogens with one attached hydrogen (secondary N) is 2. The number of pyridine rings is 1. The van der Waals surface area contributed by atoms with Crippen molar-refractivity contribution >= 4 is 17.3 Å². The summed E-state index contributed by atoms with van der Waals surface area (Å²) in [5.74, 6) is 1.65. The monoisotopic (exact) mass is 393 g/mol. The van der Waals surface area contributed by atoms with E-state index in [-0.39, 0.29) is 5.91 Å². The van der Waals surface area contributed by atoms with Crippen molar-refractivity contribution in [2.45, 2.75) is 6.54 Å². The third-order valence-corrected chi connectivity index (χ3v) is 4.33. The van der Waals surface area contributed by atoms with Gasteiger partial charge in [-0.15, -0.1) is 0 Å². The third kappa shape index (κ3) is 4.95. The first-order valence-electron chi connectivity index (χ1n) is 8.98. The fourth-order valence-electron chi connectivity index (χ4n) is 2.81. The minimum absolute atomic E-state index is 0.301. The van der Waals surface area contributed by atoms with Gasteiger partial charge < -0.3 is 24.8 Å². The van der Waals surface area contributed by atoms with E-state index in [1.807, 2.05) is 24.3 Å². The van der Waals surface area contributed by atoms with Gasteiger partial charge in [0.2, 0.25) is 0 Å². The number of para-hydroxylation sites is 1. The van der Waals surface area contributed by atoms with E-state index in [9.17, 15) is 4.79 Å². The summed E-state index contributed by atoms with van der Waals surface area (Å²) in [7, 11) is 4.74. The molecule has 0 aliphatic heterocycles. The molecule has 2 aromatic carbocycles. The molecule has 0 saturated heterocycles. The molecule has 0 saturated carbocycles. The molecule has 0 aliphatic carbocycles. The number of hydrogen-bond donors (Lipinski definition) is 2. The molecule has 0 bridgehead atoms. The highest BCUT2D eigenvalue weighted by atomic mass is 16.5. The molecule has 150 valence electrons. The lowest BCUT2D eigenvalue weighted by atomic mass is 10.2. The predicted octanol–water partition coefficient (Wildman–Crippen LogP) is 3.97. The van der Waals surface area contributed by atoms with Crippen molar-refractivity contribution in [1.29, 1.82) is 0 Å². The number of methoxy groups -OCH3 is 3. The zero-order valence-electron chi connectivity index (χ0n) is 16.6. The van der Waals surface area contributed by atoms with Crippen LogP contribution in [0.3, 0.4) is 0 Å². The van der Waals surface area contributed by atoms with Crippen molar-refractivity contribution in [2.75, 3.05) is 32.0 Å². The number of anilines is 2. The Morgan fingerprint density at radius 3 is 2.48 bits per heavy atom. The van der Waals surface area contributed by atoms with Gasteiger partial charge in [-0.2, -0.15) is 0 Å². The average Bonchev–Trinajstić information content (AvgIpc) is 2.77. The summed E-state index contributed by atoms with van der Waals surface area (Å²) in [4.78, 5) is 16.9. The molecule has 2 N–H and O–H groups in total. The summed E-state index contributed by atoms with van der Waals surface area (Å²) in [6.07, 6.45) is 3.18. The van der Waals surface area contributed by atoms with Crippen LogP contribution >= 0.6 is 0 Å². The summed E-state index contributed by atoms with van der Waals surface area (Å²) in [5.41, 5.74) is 2.66. The van der Waals surface area contributed by atoms with E-state index in [4.69, 9.17) is 14.2 Å². The summed E-state index contributed by atoms with van der Waals surface area (Å²) >= 11 is 0. The van der Waals surface area contributed by atoms with Crippen molar-refractivity contribution in [3.8, 4) is 17.2 Å². The molecule has 0 spiro atoms. The smallest absolute Gasteiger partial charge is 0.257 e. The fraction of sp³-hybridized carbons (Fsp3) is 0.182. The summed E-state index contributed by atoms with van der Waals surface area (Å²) in [6, 6.07) is 14.7. The Kier molecular flexibility index (Phi) is 6.52. The summed E-state index contributed by atoms with van der Waals surface area (Å²) in [6.45, 7) is 0.542. The highest BCUT2D eigenvalue weighted by Crippen LogP contribution is 2.29. The number of ether oxygens (including phenoxy) is 3. The zero-order chi connectivity index (χ0) is 20.6. The van der Waals surface area contributed by atoms with Crippen LogP contribution in [0, 0.1) is 0 Å². The lowest BCUT2D eigenvalue weighted by molar-refractivity contribution is 0.102. The molecular weight excluding hydrogens is 370 g/mol. The van der Waals surface area contributed by atoms with Crippen LogP contribution in [0.5, 0.6) is 17.2 Å². The molecule has 1 aromatic heterocycles. The second-order valence-electron chi connectivity index (χ2n) is 6.15. The highest BCUT2D eigenvalue weighted by Gasteiger charge is 2.12. The van der Waals surface area contributed by atoms with E-state index in [1.54, 1.807) is 51.8 Å². The van der Waals surface area contributed by atoms with E-state index in [0.717, 1.165) is 17.0 Å². The van der Waals surface area contributed by atoms with Gasteiger partial charge in [0.05, 0.1) is 38.3 Å². The van der Waals surface area contributed by atoms with Crippen LogP contribution < -0.4 is 24.8 Å². The first kappa shape index (κ1) is 20.0. The maximum absolute atomic E-state index is 12.7. The van der Waals surface area contributed by atoms with Crippen LogP contribution in [-0.4, -0.2) is 32.2 Å². The first-order chi connectivity index (χ1) is 14.1. The Hall–Kier alpha value is -3.74. The Morgan fingerprint density at radius 1 is 0.931 bits per heavy atom. The minimum atomic E-state index is -0.301. The predicted molar refractivity (Wildman–Crippen MR) is 112 cm³/mol. The Balaban J connectivity index is 1.73. The molecule has 7 nitrogen and oxygen atoms in total. The van der Waals surface area contributed by atoms with Crippen LogP contribution in [0.2, 0.25) is 0 Å². The number of nitrogens with zero attached hydrogens (tertiary/aromatic N) is 1. The fourth-order valence-corrected chi connectivity index (χ4v) is 2.81. The van der Waals surface area contributed by atoms with Crippen molar-refractivity contribution in [3.05, 3.63) is 72.1 Å². The molecule has 29 heavy (non-hydrogen) atoms. The number of benzene rings is 2. The lowest BCUT2D eigenvalue weighted by Gasteiger charge is -2.13. The number of rotatable bonds is 8. The highest BCUT2D eigenvalue weighted by molar-refractivity contribution is 6.05. The largest absolute Gasteiger partial charge is 0.497 e. The van der Waals surface area contributed by atoms with Gasteiger partial charge in [-0.05, 0) is 24.3 Å². The van der Waals surface area contributed by atoms with Gasteiger partial charge in [0.25, 0.3) is 5.91 Å². The SMILES string of the molecule is COc1ccc(OC)c(NC(=O)c2cncc(NCc3ccccc3OC)c2)c1. The lowest BCUT2D eigenvalue weighted by Crippen LogP contribution is -2.13. The van der Waals surface area contributed by atoms with Gasteiger partial charge in [0.1, 0.15) is 17.2 Å². The molecule has 1 amide bonds. The topological polar surface area (TPSA) is 81.7 Å². The van der Waals surface area contributed by atoms with E-state index in [1.165, 1.54) is 6.20 Å². The van der Waals surface area contributed by atoms with Crippen LogP contribution in [-0.2, 0) is 6.54 Å². The number of hydrogen-bond acceptors (Lipinski definition) is 6. The maximum atomic E-state index is 12.7. The van der Waals surface area contributed by atoms with E-state index < -0.39 is 0 Å². The van der Waals surface area contributed by atoms with E-state index in [0.29, 0.717) is 29.3 Å². The number of carbonyl (C=O) groups excluding carboxylic acids is 1. The summed E-state index contributed by atoms with van der Waals surface area (Å²) in [5, 5.41) is 6.11. The van der Waals surface area contributed by atoms with Gasteiger partial charge in [-0.3, -0.25) is 9.78 Å². The maximum Gasteiger partial charge on any atom is 0.257 e. The zero-order valence-corrected chi connectivity index (χ0v) is 16.6. The normalized spacial score (nSPS) is 10.2. The van der Waals surface area contributed by atoms with Gasteiger partial charge in [-0.1, -0.05) is 18.2 Å². The molecule has 0 radical (unpaired) electrons. The van der Waals surface area contributed by atoms with Crippen LogP contribution in [0.1, 0.15) is 15.9 Å². The Labute approximate surface area is 169 Å². The first-order valence-corrected chi connectivity index (χ1v) is 8.98. The van der Waals surface area contributed by atoms with Crippen molar-refractivity contribution < 1.29 is 19.0 Å². The molecular formula is C22H23N3O4. The van der Waals surface area contributed by atoms with Crippen molar-refractivity contribution in [1.82, 2.24) is 4.98 Å². The molecule has 7 heteroatoms.